The van der Waals surface area contributed by atoms with Crippen molar-refractivity contribution in [1.29, 1.82) is 0 Å². The molecule has 1 atom stereocenters. The normalized spacial score (nSPS) is 19.0. The van der Waals surface area contributed by atoms with Crippen molar-refractivity contribution in [2.24, 2.45) is 11.7 Å². The van der Waals surface area contributed by atoms with E-state index in [-0.39, 0.29) is 11.9 Å². The minimum Gasteiger partial charge on any atom is -0.366 e. The molecule has 0 unspecified atom stereocenters. The van der Waals surface area contributed by atoms with Gasteiger partial charge in [0, 0.05) is 44.4 Å². The smallest absolute Gasteiger partial charge is 0.248 e. The lowest BCUT2D eigenvalue weighted by Gasteiger charge is -2.28. The molecule has 0 radical (unpaired) electrons. The second-order valence-electron chi connectivity index (χ2n) is 8.90. The monoisotopic (exact) mass is 421 g/mol. The molecule has 2 amide bonds. The van der Waals surface area contributed by atoms with Crippen molar-refractivity contribution >= 4 is 17.8 Å². The van der Waals surface area contributed by atoms with Gasteiger partial charge in [-0.3, -0.25) is 9.59 Å². The highest BCUT2D eigenvalue weighted by molar-refractivity contribution is 5.93. The number of aromatic nitrogens is 2. The quantitative estimate of drug-likeness (QED) is 0.770. The van der Waals surface area contributed by atoms with Gasteiger partial charge in [0.2, 0.25) is 17.8 Å². The van der Waals surface area contributed by atoms with Crippen molar-refractivity contribution in [3.8, 4) is 11.1 Å². The lowest BCUT2D eigenvalue weighted by Crippen LogP contribution is -2.32. The van der Waals surface area contributed by atoms with Crippen molar-refractivity contribution in [2.45, 2.75) is 51.0 Å². The summed E-state index contributed by atoms with van der Waals surface area (Å²) in [5.74, 6) is 0.944. The number of nitrogens with zero attached hydrogens (tertiary/aromatic N) is 4. The second-order valence-corrected chi connectivity index (χ2v) is 8.90. The van der Waals surface area contributed by atoms with Crippen molar-refractivity contribution in [3.63, 3.8) is 0 Å². The molecule has 31 heavy (non-hydrogen) atoms. The van der Waals surface area contributed by atoms with Gasteiger partial charge in [0.05, 0.1) is 11.7 Å². The molecule has 2 heterocycles. The Morgan fingerprint density at radius 2 is 1.81 bits per heavy atom. The Morgan fingerprint density at radius 1 is 1.10 bits per heavy atom. The third-order valence-corrected chi connectivity index (χ3v) is 6.51. The summed E-state index contributed by atoms with van der Waals surface area (Å²) in [6.07, 6.45) is 9.16. The first-order valence-electron chi connectivity index (χ1n) is 11.2. The number of hydrogen-bond donors (Lipinski definition) is 1. The predicted molar refractivity (Wildman–Crippen MR) is 121 cm³/mol. The average molecular weight is 422 g/mol. The number of hydrogen-bond acceptors (Lipinski definition) is 5. The molecule has 2 fully saturated rings. The summed E-state index contributed by atoms with van der Waals surface area (Å²) in [6, 6.07) is 7.13. The molecule has 1 aromatic heterocycles. The van der Waals surface area contributed by atoms with E-state index in [0.717, 1.165) is 36.2 Å². The summed E-state index contributed by atoms with van der Waals surface area (Å²) in [5, 5.41) is 0. The van der Waals surface area contributed by atoms with E-state index < -0.39 is 5.91 Å². The first-order chi connectivity index (χ1) is 14.9. The Labute approximate surface area is 183 Å². The zero-order valence-electron chi connectivity index (χ0n) is 18.4. The van der Waals surface area contributed by atoms with Gasteiger partial charge in [-0.15, -0.1) is 0 Å². The molecule has 7 nitrogen and oxygen atoms in total. The van der Waals surface area contributed by atoms with E-state index in [1.54, 1.807) is 12.1 Å². The van der Waals surface area contributed by atoms with E-state index in [9.17, 15) is 9.59 Å². The van der Waals surface area contributed by atoms with Crippen molar-refractivity contribution < 1.29 is 9.59 Å². The van der Waals surface area contributed by atoms with Crippen LogP contribution in [0.25, 0.3) is 11.1 Å². The molecule has 1 saturated carbocycles. The summed E-state index contributed by atoms with van der Waals surface area (Å²) in [4.78, 5) is 38.0. The van der Waals surface area contributed by atoms with Crippen LogP contribution in [-0.4, -0.2) is 47.3 Å². The first kappa shape index (κ1) is 21.3. The number of amides is 2. The van der Waals surface area contributed by atoms with Gasteiger partial charge in [0.25, 0.3) is 0 Å². The van der Waals surface area contributed by atoms with E-state index in [1.807, 2.05) is 42.2 Å². The van der Waals surface area contributed by atoms with Crippen LogP contribution in [0.5, 0.6) is 0 Å². The van der Waals surface area contributed by atoms with E-state index in [0.29, 0.717) is 23.9 Å². The summed E-state index contributed by atoms with van der Waals surface area (Å²) < 4.78 is 0. The molecule has 2 N–H and O–H groups in total. The Hall–Kier alpha value is -2.96. The fraction of sp³-hybridized carbons (Fsp3) is 0.500. The topological polar surface area (TPSA) is 92.4 Å². The van der Waals surface area contributed by atoms with E-state index in [2.05, 4.69) is 4.98 Å². The minimum absolute atomic E-state index is 0.0542. The summed E-state index contributed by atoms with van der Waals surface area (Å²) >= 11 is 0. The van der Waals surface area contributed by atoms with Crippen LogP contribution >= 0.6 is 0 Å². The molecule has 1 aromatic carbocycles. The molecule has 0 spiro atoms. The number of carbonyl (C=O) groups excluding carboxylic acids is 2. The summed E-state index contributed by atoms with van der Waals surface area (Å²) in [5.41, 5.74) is 8.54. The molecule has 1 saturated heterocycles. The fourth-order valence-electron chi connectivity index (χ4n) is 4.82. The standard InChI is InChI=1S/C24H31N5O2/c1-28(2)24-26-15-19(17-9-11-18(12-10-17)23(25)31)22(27-24)20-8-5-13-29(20)21(30)14-16-6-3-4-7-16/h9-12,15-16,20H,3-8,13-14H2,1-2H3,(H2,25,31)/t20-/m1/s1. The number of anilines is 1. The van der Waals surface area contributed by atoms with Crippen LogP contribution in [0, 0.1) is 5.92 Å². The van der Waals surface area contributed by atoms with Crippen LogP contribution in [0.1, 0.15) is 67.0 Å². The number of primary amides is 1. The van der Waals surface area contributed by atoms with E-state index in [1.165, 1.54) is 25.7 Å². The maximum Gasteiger partial charge on any atom is 0.248 e. The Balaban J connectivity index is 1.68. The molecule has 1 aliphatic heterocycles. The Morgan fingerprint density at radius 3 is 2.45 bits per heavy atom. The van der Waals surface area contributed by atoms with Gasteiger partial charge in [0.1, 0.15) is 0 Å². The molecular formula is C24H31N5O2. The van der Waals surface area contributed by atoms with Gasteiger partial charge in [-0.25, -0.2) is 9.97 Å². The summed E-state index contributed by atoms with van der Waals surface area (Å²) in [7, 11) is 3.83. The molecule has 7 heteroatoms. The molecule has 4 rings (SSSR count). The number of rotatable bonds is 6. The third-order valence-electron chi connectivity index (χ3n) is 6.51. The first-order valence-corrected chi connectivity index (χ1v) is 11.2. The molecular weight excluding hydrogens is 390 g/mol. The van der Waals surface area contributed by atoms with Gasteiger partial charge in [0.15, 0.2) is 0 Å². The van der Waals surface area contributed by atoms with Crippen LogP contribution in [0.4, 0.5) is 5.95 Å². The fourth-order valence-corrected chi connectivity index (χ4v) is 4.82. The van der Waals surface area contributed by atoms with Crippen molar-refractivity contribution in [1.82, 2.24) is 14.9 Å². The zero-order chi connectivity index (χ0) is 22.0. The van der Waals surface area contributed by atoms with Crippen LogP contribution in [0.2, 0.25) is 0 Å². The molecule has 164 valence electrons. The highest BCUT2D eigenvalue weighted by Crippen LogP contribution is 2.38. The SMILES string of the molecule is CN(C)c1ncc(-c2ccc(C(N)=O)cc2)c([C@H]2CCCN2C(=O)CC2CCCC2)n1. The van der Waals surface area contributed by atoms with Crippen LogP contribution in [-0.2, 0) is 4.79 Å². The highest BCUT2D eigenvalue weighted by Gasteiger charge is 2.34. The van der Waals surface area contributed by atoms with E-state index >= 15 is 0 Å². The van der Waals surface area contributed by atoms with Crippen LogP contribution in [0.3, 0.4) is 0 Å². The van der Waals surface area contributed by atoms with Gasteiger partial charge in [-0.1, -0.05) is 25.0 Å². The number of carbonyl (C=O) groups is 2. The minimum atomic E-state index is -0.453. The Kier molecular flexibility index (Phi) is 6.20. The van der Waals surface area contributed by atoms with Gasteiger partial charge in [-0.2, -0.15) is 0 Å². The molecule has 1 aliphatic carbocycles. The zero-order valence-corrected chi connectivity index (χ0v) is 18.4. The maximum atomic E-state index is 13.2. The number of nitrogens with two attached hydrogens (primary N) is 1. The van der Waals surface area contributed by atoms with Crippen molar-refractivity contribution in [2.75, 3.05) is 25.5 Å². The van der Waals surface area contributed by atoms with Crippen LogP contribution < -0.4 is 10.6 Å². The summed E-state index contributed by atoms with van der Waals surface area (Å²) in [6.45, 7) is 0.775. The predicted octanol–water partition coefficient (Wildman–Crippen LogP) is 3.55. The lowest BCUT2D eigenvalue weighted by atomic mass is 9.98. The number of benzene rings is 1. The lowest BCUT2D eigenvalue weighted by molar-refractivity contribution is -0.133. The van der Waals surface area contributed by atoms with E-state index in [4.69, 9.17) is 10.7 Å². The molecule has 2 aromatic rings. The van der Waals surface area contributed by atoms with Gasteiger partial charge >= 0.3 is 0 Å². The third kappa shape index (κ3) is 4.55. The van der Waals surface area contributed by atoms with Crippen molar-refractivity contribution in [3.05, 3.63) is 41.7 Å². The molecule has 0 bridgehead atoms. The highest BCUT2D eigenvalue weighted by atomic mass is 16.2. The largest absolute Gasteiger partial charge is 0.366 e. The Bertz CT molecular complexity index is 951. The van der Waals surface area contributed by atoms with Gasteiger partial charge in [-0.05, 0) is 49.3 Å². The van der Waals surface area contributed by atoms with Crippen LogP contribution in [0.15, 0.2) is 30.5 Å². The maximum absolute atomic E-state index is 13.2. The number of likely N-dealkylation sites (tertiary alicyclic amines) is 1. The second kappa shape index (κ2) is 9.04. The average Bonchev–Trinajstić information content (AvgIpc) is 3.45. The molecule has 2 aliphatic rings. The van der Waals surface area contributed by atoms with Gasteiger partial charge < -0.3 is 15.5 Å².